The maximum absolute atomic E-state index is 4.90. The molecule has 1 heterocycles. The molecule has 0 bridgehead atoms. The van der Waals surface area contributed by atoms with Crippen molar-refractivity contribution in [2.45, 2.75) is 0 Å². The number of hydrogen-bond acceptors (Lipinski definition) is 2. The van der Waals surface area contributed by atoms with E-state index in [1.54, 1.807) is 6.26 Å². The van der Waals surface area contributed by atoms with Crippen LogP contribution in [-0.2, 0) is 8.85 Å². The first kappa shape index (κ1) is 3.89. The van der Waals surface area contributed by atoms with Gasteiger partial charge >= 0.3 is 10.0 Å². The van der Waals surface area contributed by atoms with Crippen molar-refractivity contribution >= 4 is 10.0 Å². The van der Waals surface area contributed by atoms with Gasteiger partial charge in [-0.2, -0.15) is 0 Å². The molecule has 0 saturated heterocycles. The summed E-state index contributed by atoms with van der Waals surface area (Å²) in [7, 11) is -0.578. The van der Waals surface area contributed by atoms with Crippen LogP contribution in [0.1, 0.15) is 0 Å². The van der Waals surface area contributed by atoms with E-state index < -0.39 is 10.0 Å². The molecule has 1 aliphatic rings. The van der Waals surface area contributed by atoms with Crippen LogP contribution in [-0.4, -0.2) is 16.6 Å². The summed E-state index contributed by atoms with van der Waals surface area (Å²) in [6.45, 7) is 0.756. The van der Waals surface area contributed by atoms with Crippen LogP contribution in [0.4, 0.5) is 0 Å². The summed E-state index contributed by atoms with van der Waals surface area (Å²) in [6, 6.07) is 0. The molecule has 0 aromatic rings. The highest BCUT2D eigenvalue weighted by molar-refractivity contribution is 6.18. The van der Waals surface area contributed by atoms with E-state index in [2.05, 4.69) is 0 Å². The molecule has 0 aromatic carbocycles. The summed E-state index contributed by atoms with van der Waals surface area (Å²) in [4.78, 5) is 0. The van der Waals surface area contributed by atoms with Crippen LogP contribution in [0.5, 0.6) is 0 Å². The molecule has 0 saturated carbocycles. The van der Waals surface area contributed by atoms with Crippen molar-refractivity contribution in [3.63, 3.8) is 0 Å². The first-order chi connectivity index (χ1) is 3.00. The van der Waals surface area contributed by atoms with Crippen LogP contribution in [0.15, 0.2) is 12.3 Å². The Balaban J connectivity index is 2.26. The van der Waals surface area contributed by atoms with E-state index in [1.807, 2.05) is 6.08 Å². The van der Waals surface area contributed by atoms with Crippen molar-refractivity contribution in [1.29, 1.82) is 0 Å². The normalized spacial score (nSPS) is 24.0. The second-order valence-electron chi connectivity index (χ2n) is 1.03. The van der Waals surface area contributed by atoms with Crippen LogP contribution in [0.2, 0.25) is 0 Å². The molecular formula is C3H6O2Si. The molecule has 0 fully saturated rings. The largest absolute Gasteiger partial charge is 0.531 e. The first-order valence-corrected chi connectivity index (χ1v) is 3.00. The minimum Gasteiger partial charge on any atom is -0.531 e. The summed E-state index contributed by atoms with van der Waals surface area (Å²) >= 11 is 0. The lowest BCUT2D eigenvalue weighted by molar-refractivity contribution is 0.280. The Labute approximate surface area is 38.8 Å². The lowest BCUT2D eigenvalue weighted by Gasteiger charge is -2.03. The maximum atomic E-state index is 4.90. The molecule has 6 heavy (non-hydrogen) atoms. The van der Waals surface area contributed by atoms with Gasteiger partial charge in [0.05, 0.1) is 12.9 Å². The van der Waals surface area contributed by atoms with E-state index in [9.17, 15) is 0 Å². The zero-order valence-corrected chi connectivity index (χ0v) is 4.80. The maximum Gasteiger partial charge on any atom is 0.365 e. The third-order valence-corrected chi connectivity index (χ3v) is 1.29. The first-order valence-electron chi connectivity index (χ1n) is 1.84. The van der Waals surface area contributed by atoms with Gasteiger partial charge in [-0.05, 0) is 6.08 Å². The van der Waals surface area contributed by atoms with Gasteiger partial charge in [0.25, 0.3) is 0 Å². The third-order valence-electron chi connectivity index (χ3n) is 0.558. The van der Waals surface area contributed by atoms with E-state index in [1.165, 1.54) is 0 Å². The Kier molecular flexibility index (Phi) is 1.29. The smallest absolute Gasteiger partial charge is 0.365 e. The molecule has 0 aromatic heterocycles. The van der Waals surface area contributed by atoms with Gasteiger partial charge in [0, 0.05) is 0 Å². The minimum atomic E-state index is -0.578. The van der Waals surface area contributed by atoms with Gasteiger partial charge in [-0.25, -0.2) is 0 Å². The average Bonchev–Trinajstić information content (AvgIpc) is 1.72. The molecule has 0 N–H and O–H groups in total. The van der Waals surface area contributed by atoms with Crippen molar-refractivity contribution in [2.75, 3.05) is 6.61 Å². The van der Waals surface area contributed by atoms with E-state index in [-0.39, 0.29) is 0 Å². The molecule has 3 heteroatoms. The van der Waals surface area contributed by atoms with Gasteiger partial charge in [-0.15, -0.1) is 0 Å². The van der Waals surface area contributed by atoms with Crippen LogP contribution >= 0.6 is 0 Å². The minimum absolute atomic E-state index is 0.578. The lowest BCUT2D eigenvalue weighted by atomic mass is 10.7. The fraction of sp³-hybridized carbons (Fsp3) is 0.333. The van der Waals surface area contributed by atoms with Crippen molar-refractivity contribution in [3.8, 4) is 0 Å². The number of hydrogen-bond donors (Lipinski definition) is 0. The Morgan fingerprint density at radius 3 is 2.83 bits per heavy atom. The van der Waals surface area contributed by atoms with Gasteiger partial charge in [0.1, 0.15) is 0 Å². The summed E-state index contributed by atoms with van der Waals surface area (Å²) in [5.74, 6) is 0. The molecular weight excluding hydrogens is 96.1 g/mol. The monoisotopic (exact) mass is 102 g/mol. The van der Waals surface area contributed by atoms with Crippen molar-refractivity contribution in [1.82, 2.24) is 0 Å². The Morgan fingerprint density at radius 2 is 2.67 bits per heavy atom. The van der Waals surface area contributed by atoms with Gasteiger partial charge in [-0.3, -0.25) is 0 Å². The summed E-state index contributed by atoms with van der Waals surface area (Å²) < 4.78 is 9.70. The molecule has 0 atom stereocenters. The van der Waals surface area contributed by atoms with Crippen LogP contribution in [0.25, 0.3) is 0 Å². The van der Waals surface area contributed by atoms with E-state index >= 15 is 0 Å². The Bertz CT molecular complexity index is 53.8. The second-order valence-corrected chi connectivity index (χ2v) is 2.00. The van der Waals surface area contributed by atoms with E-state index in [4.69, 9.17) is 8.85 Å². The standard InChI is InChI=1S/C3H6O2Si/c1-2-4-6-5-3-1/h1-2H,3,6H2. The molecule has 1 aliphatic heterocycles. The quantitative estimate of drug-likeness (QED) is 0.385. The highest BCUT2D eigenvalue weighted by atomic mass is 28.3. The Hall–Kier alpha value is -0.283. The number of rotatable bonds is 0. The fourth-order valence-electron chi connectivity index (χ4n) is 0.311. The predicted octanol–water partition coefficient (Wildman–Crippen LogP) is -0.454. The van der Waals surface area contributed by atoms with Gasteiger partial charge in [0.2, 0.25) is 0 Å². The molecule has 0 amide bonds. The van der Waals surface area contributed by atoms with Crippen LogP contribution < -0.4 is 0 Å². The molecule has 0 spiro atoms. The highest BCUT2D eigenvalue weighted by Crippen LogP contribution is 1.84. The zero-order valence-electron chi connectivity index (χ0n) is 3.39. The zero-order chi connectivity index (χ0) is 4.24. The van der Waals surface area contributed by atoms with Crippen molar-refractivity contribution in [3.05, 3.63) is 12.3 Å². The van der Waals surface area contributed by atoms with Crippen LogP contribution in [0, 0.1) is 0 Å². The van der Waals surface area contributed by atoms with Gasteiger partial charge in [-0.1, -0.05) is 0 Å². The molecule has 0 radical (unpaired) electrons. The van der Waals surface area contributed by atoms with Crippen molar-refractivity contribution < 1.29 is 8.85 Å². The summed E-state index contributed by atoms with van der Waals surface area (Å²) in [5.41, 5.74) is 0. The van der Waals surface area contributed by atoms with E-state index in [0.29, 0.717) is 0 Å². The predicted molar refractivity (Wildman–Crippen MR) is 24.7 cm³/mol. The Morgan fingerprint density at radius 1 is 1.67 bits per heavy atom. The second kappa shape index (κ2) is 1.99. The topological polar surface area (TPSA) is 18.5 Å². The van der Waals surface area contributed by atoms with Gasteiger partial charge in [0.15, 0.2) is 0 Å². The summed E-state index contributed by atoms with van der Waals surface area (Å²) in [6.07, 6.45) is 3.56. The summed E-state index contributed by atoms with van der Waals surface area (Å²) in [5, 5.41) is 0. The van der Waals surface area contributed by atoms with Crippen LogP contribution in [0.3, 0.4) is 0 Å². The molecule has 0 aliphatic carbocycles. The van der Waals surface area contributed by atoms with E-state index in [0.717, 1.165) is 6.61 Å². The highest BCUT2D eigenvalue weighted by Gasteiger charge is 1.87. The van der Waals surface area contributed by atoms with Gasteiger partial charge < -0.3 is 8.85 Å². The third kappa shape index (κ3) is 0.839. The molecule has 34 valence electrons. The lowest BCUT2D eigenvalue weighted by Crippen LogP contribution is -2.04. The molecule has 2 nitrogen and oxygen atoms in total. The fourth-order valence-corrected chi connectivity index (χ4v) is 0.854. The molecule has 1 rings (SSSR count). The molecule has 0 unspecified atom stereocenters. The average molecular weight is 102 g/mol. The van der Waals surface area contributed by atoms with Crippen molar-refractivity contribution in [2.24, 2.45) is 0 Å². The SMILES string of the molecule is C1=CO[SiH2]OC1.